The molecule has 2 fully saturated rings. The van der Waals surface area contributed by atoms with E-state index in [2.05, 4.69) is 20.9 Å². The van der Waals surface area contributed by atoms with Gasteiger partial charge >= 0.3 is 0 Å². The minimum Gasteiger partial charge on any atom is -0.380 e. The fraction of sp³-hybridized carbons (Fsp3) is 0.625. The van der Waals surface area contributed by atoms with Crippen molar-refractivity contribution in [2.24, 2.45) is 0 Å². The highest BCUT2D eigenvalue weighted by Crippen LogP contribution is 2.28. The Hall–Kier alpha value is -1.64. The minimum absolute atomic E-state index is 0.285. The average molecular weight is 286 g/mol. The molecule has 0 amide bonds. The summed E-state index contributed by atoms with van der Waals surface area (Å²) < 4.78 is 5.57. The van der Waals surface area contributed by atoms with E-state index in [0.717, 1.165) is 25.2 Å². The first kappa shape index (κ1) is 14.3. The van der Waals surface area contributed by atoms with Crippen molar-refractivity contribution in [1.29, 1.82) is 5.26 Å². The molecule has 0 saturated carbocycles. The maximum absolute atomic E-state index is 8.86. The van der Waals surface area contributed by atoms with Crippen LogP contribution in [-0.4, -0.2) is 55.3 Å². The van der Waals surface area contributed by atoms with Crippen molar-refractivity contribution < 1.29 is 4.74 Å². The van der Waals surface area contributed by atoms with E-state index < -0.39 is 0 Å². The van der Waals surface area contributed by atoms with Crippen molar-refractivity contribution in [1.82, 2.24) is 9.88 Å². The molecule has 2 aliphatic heterocycles. The molecule has 0 unspecified atom stereocenters. The Kier molecular flexibility index (Phi) is 4.37. The molecule has 0 aliphatic carbocycles. The van der Waals surface area contributed by atoms with Gasteiger partial charge in [-0.3, -0.25) is 0 Å². The Labute approximate surface area is 126 Å². The summed E-state index contributed by atoms with van der Waals surface area (Å²) in [6.07, 6.45) is 5.80. The number of ether oxygens (including phenoxy) is 1. The summed E-state index contributed by atoms with van der Waals surface area (Å²) in [5, 5.41) is 8.86. The summed E-state index contributed by atoms with van der Waals surface area (Å²) in [7, 11) is 1.79. The predicted molar refractivity (Wildman–Crippen MR) is 81.2 cm³/mol. The van der Waals surface area contributed by atoms with Gasteiger partial charge in [0.15, 0.2) is 0 Å². The van der Waals surface area contributed by atoms with Crippen LogP contribution in [0.2, 0.25) is 0 Å². The van der Waals surface area contributed by atoms with Gasteiger partial charge in [-0.25, -0.2) is 4.98 Å². The van der Waals surface area contributed by atoms with Crippen LogP contribution < -0.4 is 4.90 Å². The molecule has 0 N–H and O–H groups in total. The predicted octanol–water partition coefficient (Wildman–Crippen LogP) is 1.64. The van der Waals surface area contributed by atoms with Crippen LogP contribution in [0, 0.1) is 11.3 Å². The van der Waals surface area contributed by atoms with Crippen molar-refractivity contribution in [3.63, 3.8) is 0 Å². The molecule has 0 spiro atoms. The SMILES string of the molecule is CO[C@H]1C[C@@H](CN2CCCC2)N(c2ccc(C#N)nc2)C1. The molecule has 2 aliphatic rings. The van der Waals surface area contributed by atoms with E-state index in [4.69, 9.17) is 10.00 Å². The van der Waals surface area contributed by atoms with Gasteiger partial charge in [0.05, 0.1) is 18.0 Å². The van der Waals surface area contributed by atoms with Crippen LogP contribution in [0.1, 0.15) is 25.0 Å². The number of pyridine rings is 1. The molecule has 2 saturated heterocycles. The molecule has 3 heterocycles. The van der Waals surface area contributed by atoms with Gasteiger partial charge in [0.25, 0.3) is 0 Å². The number of aromatic nitrogens is 1. The van der Waals surface area contributed by atoms with Crippen LogP contribution in [0.5, 0.6) is 0 Å². The monoisotopic (exact) mass is 286 g/mol. The molecular formula is C16H22N4O. The topological polar surface area (TPSA) is 52.4 Å². The number of hydrogen-bond donors (Lipinski definition) is 0. The molecule has 5 heteroatoms. The first-order chi connectivity index (χ1) is 10.3. The maximum Gasteiger partial charge on any atom is 0.140 e. The number of rotatable bonds is 4. The normalized spacial score (nSPS) is 26.2. The molecule has 0 aromatic carbocycles. The zero-order valence-electron chi connectivity index (χ0n) is 12.5. The molecule has 3 rings (SSSR count). The Morgan fingerprint density at radius 3 is 2.81 bits per heavy atom. The smallest absolute Gasteiger partial charge is 0.140 e. The Morgan fingerprint density at radius 2 is 2.19 bits per heavy atom. The van der Waals surface area contributed by atoms with E-state index in [1.165, 1.54) is 25.9 Å². The van der Waals surface area contributed by atoms with E-state index in [-0.39, 0.29) is 6.10 Å². The molecule has 0 bridgehead atoms. The lowest BCUT2D eigenvalue weighted by Crippen LogP contribution is -2.39. The van der Waals surface area contributed by atoms with Crippen LogP contribution in [0.3, 0.4) is 0 Å². The van der Waals surface area contributed by atoms with E-state index in [9.17, 15) is 0 Å². The highest BCUT2D eigenvalue weighted by molar-refractivity contribution is 5.48. The second-order valence-electron chi connectivity index (χ2n) is 5.92. The van der Waals surface area contributed by atoms with Crippen molar-refractivity contribution >= 4 is 5.69 Å². The maximum atomic E-state index is 8.86. The van der Waals surface area contributed by atoms with Gasteiger partial charge in [-0.1, -0.05) is 0 Å². The van der Waals surface area contributed by atoms with Gasteiger partial charge in [0.2, 0.25) is 0 Å². The summed E-state index contributed by atoms with van der Waals surface area (Å²) in [5.41, 5.74) is 1.56. The Bertz CT molecular complexity index is 504. The first-order valence-corrected chi connectivity index (χ1v) is 7.68. The second kappa shape index (κ2) is 6.42. The van der Waals surface area contributed by atoms with Crippen molar-refractivity contribution in [2.75, 3.05) is 38.2 Å². The van der Waals surface area contributed by atoms with Gasteiger partial charge < -0.3 is 14.5 Å². The molecule has 112 valence electrons. The minimum atomic E-state index is 0.285. The van der Waals surface area contributed by atoms with Crippen molar-refractivity contribution in [3.8, 4) is 6.07 Å². The standard InChI is InChI=1S/C16H22N4O/c1-21-16-8-15(11-19-6-2-3-7-19)20(12-16)14-5-4-13(9-17)18-10-14/h4-5,10,15-16H,2-3,6-8,11-12H2,1H3/t15-,16-/m0/s1. The third kappa shape index (κ3) is 3.17. The van der Waals surface area contributed by atoms with Crippen LogP contribution in [0.4, 0.5) is 5.69 Å². The lowest BCUT2D eigenvalue weighted by molar-refractivity contribution is 0.116. The van der Waals surface area contributed by atoms with Crippen LogP contribution in [-0.2, 0) is 4.74 Å². The first-order valence-electron chi connectivity index (χ1n) is 7.68. The van der Waals surface area contributed by atoms with E-state index in [0.29, 0.717) is 11.7 Å². The second-order valence-corrected chi connectivity index (χ2v) is 5.92. The Balaban J connectivity index is 1.74. The molecule has 2 atom stereocenters. The van der Waals surface area contributed by atoms with Crippen molar-refractivity contribution in [3.05, 3.63) is 24.0 Å². The fourth-order valence-electron chi connectivity index (χ4n) is 3.42. The summed E-state index contributed by atoms with van der Waals surface area (Å²) in [6.45, 7) is 4.43. The largest absolute Gasteiger partial charge is 0.380 e. The molecule has 0 radical (unpaired) electrons. The lowest BCUT2D eigenvalue weighted by atomic mass is 10.2. The molecule has 21 heavy (non-hydrogen) atoms. The highest BCUT2D eigenvalue weighted by Gasteiger charge is 2.34. The third-order valence-electron chi connectivity index (χ3n) is 4.57. The van der Waals surface area contributed by atoms with E-state index >= 15 is 0 Å². The zero-order valence-corrected chi connectivity index (χ0v) is 12.5. The fourth-order valence-corrected chi connectivity index (χ4v) is 3.42. The van der Waals surface area contributed by atoms with Crippen LogP contribution in [0.15, 0.2) is 18.3 Å². The summed E-state index contributed by atoms with van der Waals surface area (Å²) in [6, 6.07) is 6.34. The van der Waals surface area contributed by atoms with Gasteiger partial charge in [0, 0.05) is 26.2 Å². The number of nitrogens with zero attached hydrogens (tertiary/aromatic N) is 4. The van der Waals surface area contributed by atoms with Crippen LogP contribution in [0.25, 0.3) is 0 Å². The molecular weight excluding hydrogens is 264 g/mol. The Morgan fingerprint density at radius 1 is 1.38 bits per heavy atom. The van der Waals surface area contributed by atoms with Gasteiger partial charge in [-0.15, -0.1) is 0 Å². The van der Waals surface area contributed by atoms with Crippen molar-refractivity contribution in [2.45, 2.75) is 31.4 Å². The van der Waals surface area contributed by atoms with Gasteiger partial charge in [-0.05, 0) is 44.5 Å². The van der Waals surface area contributed by atoms with E-state index in [1.54, 1.807) is 13.2 Å². The molecule has 1 aromatic heterocycles. The van der Waals surface area contributed by atoms with E-state index in [1.807, 2.05) is 12.3 Å². The number of anilines is 1. The number of methoxy groups -OCH3 is 1. The zero-order chi connectivity index (χ0) is 14.7. The average Bonchev–Trinajstić information content (AvgIpc) is 3.17. The highest BCUT2D eigenvalue weighted by atomic mass is 16.5. The quantitative estimate of drug-likeness (QED) is 0.842. The number of hydrogen-bond acceptors (Lipinski definition) is 5. The molecule has 5 nitrogen and oxygen atoms in total. The van der Waals surface area contributed by atoms with Gasteiger partial charge in [0.1, 0.15) is 11.8 Å². The summed E-state index contributed by atoms with van der Waals surface area (Å²) in [5.74, 6) is 0. The van der Waals surface area contributed by atoms with Crippen LogP contribution >= 0.6 is 0 Å². The summed E-state index contributed by atoms with van der Waals surface area (Å²) >= 11 is 0. The number of likely N-dealkylation sites (tertiary alicyclic amines) is 1. The van der Waals surface area contributed by atoms with Gasteiger partial charge in [-0.2, -0.15) is 5.26 Å². The third-order valence-corrected chi connectivity index (χ3v) is 4.57. The molecule has 1 aromatic rings. The lowest BCUT2D eigenvalue weighted by Gasteiger charge is -2.29. The summed E-state index contributed by atoms with van der Waals surface area (Å²) in [4.78, 5) is 9.14. The number of nitriles is 1.